The van der Waals surface area contributed by atoms with Crippen molar-refractivity contribution in [2.24, 2.45) is 0 Å². The average Bonchev–Trinajstić information content (AvgIpc) is 3.39. The van der Waals surface area contributed by atoms with Crippen molar-refractivity contribution in [3.05, 3.63) is 76.6 Å². The molecule has 3 aromatic rings. The number of aryl methyl sites for hydroxylation is 1. The van der Waals surface area contributed by atoms with Gasteiger partial charge < -0.3 is 9.64 Å². The highest BCUT2D eigenvalue weighted by molar-refractivity contribution is 5.94. The number of likely N-dealkylation sites (tertiary alicyclic amines) is 1. The zero-order valence-corrected chi connectivity index (χ0v) is 18.0. The maximum atomic E-state index is 13.9. The predicted molar refractivity (Wildman–Crippen MR) is 116 cm³/mol. The van der Waals surface area contributed by atoms with Gasteiger partial charge in [0.25, 0.3) is 5.91 Å². The summed E-state index contributed by atoms with van der Waals surface area (Å²) in [5, 5.41) is 4.72. The lowest BCUT2D eigenvalue weighted by Gasteiger charge is -2.32. The molecule has 1 aromatic heterocycles. The number of rotatable bonds is 4. The summed E-state index contributed by atoms with van der Waals surface area (Å²) in [5.74, 6) is -1.35. The van der Waals surface area contributed by atoms with E-state index in [0.29, 0.717) is 31.6 Å². The van der Waals surface area contributed by atoms with Gasteiger partial charge in [-0.05, 0) is 50.5 Å². The smallest absolute Gasteiger partial charge is 0.274 e. The van der Waals surface area contributed by atoms with Crippen LogP contribution in [0.3, 0.4) is 0 Å². The minimum absolute atomic E-state index is 0.0471. The van der Waals surface area contributed by atoms with Crippen molar-refractivity contribution in [2.45, 2.75) is 45.1 Å². The molecule has 2 aromatic carbocycles. The first kappa shape index (κ1) is 20.7. The highest BCUT2D eigenvalue weighted by atomic mass is 19.1. The van der Waals surface area contributed by atoms with E-state index in [1.54, 1.807) is 4.90 Å². The van der Waals surface area contributed by atoms with E-state index < -0.39 is 11.6 Å². The van der Waals surface area contributed by atoms with Gasteiger partial charge in [-0.2, -0.15) is 5.10 Å². The van der Waals surface area contributed by atoms with Crippen molar-refractivity contribution >= 4 is 5.91 Å². The number of hydrogen-bond donors (Lipinski definition) is 0. The summed E-state index contributed by atoms with van der Waals surface area (Å²) < 4.78 is 34.6. The number of piperidine rings is 1. The normalized spacial score (nSPS) is 16.3. The van der Waals surface area contributed by atoms with E-state index in [4.69, 9.17) is 9.84 Å². The molecule has 0 saturated carbocycles. The molecule has 7 heteroatoms. The summed E-state index contributed by atoms with van der Waals surface area (Å²) in [7, 11) is 0. The minimum Gasteiger partial charge on any atom is -0.487 e. The number of halogens is 2. The Morgan fingerprint density at radius 2 is 1.81 bits per heavy atom. The standard InChI is InChI=1S/C25H25F2N3O2/c1-16-5-8-18(9-6-16)30-22-4-2-3-20(22)24(28-30)25(31)29-13-11-19(12-14-29)32-23-10-7-17(26)15-21(23)27/h5-10,15,19H,2-4,11-14H2,1H3. The first-order valence-corrected chi connectivity index (χ1v) is 11.1. The molecule has 1 amide bonds. The molecule has 166 valence electrons. The van der Waals surface area contributed by atoms with Crippen molar-refractivity contribution in [2.75, 3.05) is 13.1 Å². The van der Waals surface area contributed by atoms with Crippen molar-refractivity contribution in [1.82, 2.24) is 14.7 Å². The second-order valence-corrected chi connectivity index (χ2v) is 8.56. The Labute approximate surface area is 185 Å². The maximum Gasteiger partial charge on any atom is 0.274 e. The van der Waals surface area contributed by atoms with E-state index in [-0.39, 0.29) is 17.8 Å². The third-order valence-corrected chi connectivity index (χ3v) is 6.33. The van der Waals surface area contributed by atoms with Gasteiger partial charge >= 0.3 is 0 Å². The fourth-order valence-corrected chi connectivity index (χ4v) is 4.59. The number of carbonyl (C=O) groups is 1. The second-order valence-electron chi connectivity index (χ2n) is 8.56. The minimum atomic E-state index is -0.708. The summed E-state index contributed by atoms with van der Waals surface area (Å²) in [6, 6.07) is 11.5. The van der Waals surface area contributed by atoms with Gasteiger partial charge in [-0.1, -0.05) is 17.7 Å². The molecule has 0 atom stereocenters. The Morgan fingerprint density at radius 1 is 1.06 bits per heavy atom. The molecule has 5 rings (SSSR count). The molecule has 0 unspecified atom stereocenters. The van der Waals surface area contributed by atoms with Crippen LogP contribution in [0.2, 0.25) is 0 Å². The summed E-state index contributed by atoms with van der Waals surface area (Å²) in [5.41, 5.74) is 4.88. The van der Waals surface area contributed by atoms with Crippen LogP contribution in [0.4, 0.5) is 8.78 Å². The van der Waals surface area contributed by atoms with Crippen LogP contribution in [0.1, 0.15) is 46.6 Å². The van der Waals surface area contributed by atoms with Crippen molar-refractivity contribution in [3.63, 3.8) is 0 Å². The van der Waals surface area contributed by atoms with E-state index in [9.17, 15) is 13.6 Å². The molecule has 1 aliphatic carbocycles. The quantitative estimate of drug-likeness (QED) is 0.598. The highest BCUT2D eigenvalue weighted by Crippen LogP contribution is 2.30. The van der Waals surface area contributed by atoms with Gasteiger partial charge in [-0.25, -0.2) is 13.5 Å². The van der Waals surface area contributed by atoms with Crippen LogP contribution < -0.4 is 4.74 Å². The van der Waals surface area contributed by atoms with E-state index in [1.807, 2.05) is 23.7 Å². The summed E-state index contributed by atoms with van der Waals surface area (Å²) >= 11 is 0. The largest absolute Gasteiger partial charge is 0.487 e. The first-order chi connectivity index (χ1) is 15.5. The lowest BCUT2D eigenvalue weighted by Crippen LogP contribution is -2.42. The number of carbonyl (C=O) groups excluding carboxylic acids is 1. The number of fused-ring (bicyclic) bond motifs is 1. The van der Waals surface area contributed by atoms with Gasteiger partial charge in [-0.3, -0.25) is 4.79 Å². The Kier molecular flexibility index (Phi) is 5.41. The molecule has 32 heavy (non-hydrogen) atoms. The van der Waals surface area contributed by atoms with Crippen LogP contribution >= 0.6 is 0 Å². The third kappa shape index (κ3) is 3.87. The second kappa shape index (κ2) is 8.37. The van der Waals surface area contributed by atoms with E-state index in [1.165, 1.54) is 17.7 Å². The predicted octanol–water partition coefficient (Wildman–Crippen LogP) is 4.63. The van der Waals surface area contributed by atoms with Crippen molar-refractivity contribution < 1.29 is 18.3 Å². The Morgan fingerprint density at radius 3 is 2.53 bits per heavy atom. The molecule has 5 nitrogen and oxygen atoms in total. The first-order valence-electron chi connectivity index (χ1n) is 11.1. The van der Waals surface area contributed by atoms with Crippen LogP contribution in [-0.4, -0.2) is 39.8 Å². The third-order valence-electron chi connectivity index (χ3n) is 6.33. The number of nitrogens with zero attached hydrogens (tertiary/aromatic N) is 3. The van der Waals surface area contributed by atoms with Gasteiger partial charge in [0.15, 0.2) is 17.3 Å². The highest BCUT2D eigenvalue weighted by Gasteiger charge is 2.32. The molecule has 0 N–H and O–H groups in total. The molecule has 2 aliphatic rings. The zero-order chi connectivity index (χ0) is 22.2. The Hall–Kier alpha value is -3.22. The van der Waals surface area contributed by atoms with Crippen LogP contribution in [0.5, 0.6) is 5.75 Å². The van der Waals surface area contributed by atoms with Crippen LogP contribution in [-0.2, 0) is 12.8 Å². The summed E-state index contributed by atoms with van der Waals surface area (Å²) in [6.45, 7) is 3.07. The van der Waals surface area contributed by atoms with Crippen molar-refractivity contribution in [1.29, 1.82) is 0 Å². The number of amides is 1. The topological polar surface area (TPSA) is 47.4 Å². The SMILES string of the molecule is Cc1ccc(-n2nc(C(=O)N3CCC(Oc4ccc(F)cc4F)CC3)c3c2CCC3)cc1. The fourth-order valence-electron chi connectivity index (χ4n) is 4.59. The maximum absolute atomic E-state index is 13.9. The molecule has 1 fully saturated rings. The Bertz CT molecular complexity index is 1150. The lowest BCUT2D eigenvalue weighted by atomic mass is 10.1. The summed E-state index contributed by atoms with van der Waals surface area (Å²) in [4.78, 5) is 15.1. The molecule has 1 aliphatic heterocycles. The molecule has 0 bridgehead atoms. The monoisotopic (exact) mass is 437 g/mol. The number of ether oxygens (including phenoxy) is 1. The zero-order valence-electron chi connectivity index (χ0n) is 18.0. The van der Waals surface area contributed by atoms with E-state index in [2.05, 4.69) is 12.1 Å². The summed E-state index contributed by atoms with van der Waals surface area (Å²) in [6.07, 6.45) is 3.77. The molecule has 1 saturated heterocycles. The van der Waals surface area contributed by atoms with Gasteiger partial charge in [-0.15, -0.1) is 0 Å². The molecular weight excluding hydrogens is 412 g/mol. The van der Waals surface area contributed by atoms with Gasteiger partial charge in [0.2, 0.25) is 0 Å². The Balaban J connectivity index is 1.29. The number of benzene rings is 2. The molecular formula is C25H25F2N3O2. The average molecular weight is 437 g/mol. The van der Waals surface area contributed by atoms with E-state index >= 15 is 0 Å². The van der Waals surface area contributed by atoms with E-state index in [0.717, 1.165) is 42.3 Å². The fraction of sp³-hybridized carbons (Fsp3) is 0.360. The van der Waals surface area contributed by atoms with Crippen LogP contribution in [0, 0.1) is 18.6 Å². The molecule has 0 radical (unpaired) electrons. The number of hydrogen-bond acceptors (Lipinski definition) is 3. The van der Waals surface area contributed by atoms with Gasteiger partial charge in [0.1, 0.15) is 11.9 Å². The van der Waals surface area contributed by atoms with Crippen LogP contribution in [0.15, 0.2) is 42.5 Å². The number of aromatic nitrogens is 2. The molecule has 0 spiro atoms. The lowest BCUT2D eigenvalue weighted by molar-refractivity contribution is 0.0581. The van der Waals surface area contributed by atoms with Gasteiger partial charge in [0, 0.05) is 43.3 Å². The van der Waals surface area contributed by atoms with Crippen LogP contribution in [0.25, 0.3) is 5.69 Å². The van der Waals surface area contributed by atoms with Crippen molar-refractivity contribution in [3.8, 4) is 11.4 Å². The molecule has 2 heterocycles. The van der Waals surface area contributed by atoms with Gasteiger partial charge in [0.05, 0.1) is 5.69 Å².